The van der Waals surface area contributed by atoms with Gasteiger partial charge in [0.15, 0.2) is 0 Å². The molecule has 1 aromatic rings. The van der Waals surface area contributed by atoms with Gasteiger partial charge in [0.1, 0.15) is 5.82 Å². The highest BCUT2D eigenvalue weighted by Crippen LogP contribution is 2.53. The van der Waals surface area contributed by atoms with Gasteiger partial charge in [0.25, 0.3) is 0 Å². The summed E-state index contributed by atoms with van der Waals surface area (Å²) >= 11 is 0. The van der Waals surface area contributed by atoms with E-state index in [-0.39, 0.29) is 23.5 Å². The molecule has 1 saturated heterocycles. The van der Waals surface area contributed by atoms with Gasteiger partial charge in [0.2, 0.25) is 11.8 Å². The van der Waals surface area contributed by atoms with Crippen molar-refractivity contribution >= 4 is 11.8 Å². The quantitative estimate of drug-likeness (QED) is 0.864. The molecule has 4 nitrogen and oxygen atoms in total. The molecule has 28 heavy (non-hydrogen) atoms. The molecule has 5 heteroatoms. The van der Waals surface area contributed by atoms with Gasteiger partial charge < -0.3 is 10.2 Å². The predicted molar refractivity (Wildman–Crippen MR) is 104 cm³/mol. The highest BCUT2D eigenvalue weighted by molar-refractivity contribution is 5.84. The monoisotopic (exact) mass is 384 g/mol. The van der Waals surface area contributed by atoms with E-state index in [0.29, 0.717) is 43.8 Å². The summed E-state index contributed by atoms with van der Waals surface area (Å²) in [7, 11) is 0. The van der Waals surface area contributed by atoms with Crippen molar-refractivity contribution in [1.82, 2.24) is 10.2 Å². The maximum Gasteiger partial charge on any atom is 0.225 e. The first-order chi connectivity index (χ1) is 13.5. The van der Waals surface area contributed by atoms with Gasteiger partial charge in [-0.1, -0.05) is 12.1 Å². The normalized spacial score (nSPS) is 36.6. The molecule has 5 aliphatic rings. The number of halogens is 1. The number of carbonyl (C=O) groups is 2. The summed E-state index contributed by atoms with van der Waals surface area (Å²) < 4.78 is 13.5. The van der Waals surface area contributed by atoms with Crippen molar-refractivity contribution in [2.45, 2.75) is 57.5 Å². The first-order valence-corrected chi connectivity index (χ1v) is 10.9. The van der Waals surface area contributed by atoms with Crippen molar-refractivity contribution < 1.29 is 14.0 Å². The minimum atomic E-state index is -0.293. The molecule has 0 aromatic heterocycles. The van der Waals surface area contributed by atoms with E-state index in [1.807, 2.05) is 6.07 Å². The first-order valence-electron chi connectivity index (χ1n) is 10.9. The van der Waals surface area contributed by atoms with Crippen molar-refractivity contribution in [3.63, 3.8) is 0 Å². The lowest BCUT2D eigenvalue weighted by atomic mass is 9.54. The van der Waals surface area contributed by atoms with Gasteiger partial charge in [0, 0.05) is 25.6 Å². The minimum Gasteiger partial charge on any atom is -0.353 e. The van der Waals surface area contributed by atoms with Crippen LogP contribution in [0.1, 0.15) is 50.5 Å². The Morgan fingerprint density at radius 1 is 1.11 bits per heavy atom. The highest BCUT2D eigenvalue weighted by atomic mass is 19.1. The van der Waals surface area contributed by atoms with Crippen LogP contribution in [0, 0.1) is 35.4 Å². The summed E-state index contributed by atoms with van der Waals surface area (Å²) in [6.07, 6.45) is 7.57. The summed E-state index contributed by atoms with van der Waals surface area (Å²) in [6.45, 7) is 0.812. The van der Waals surface area contributed by atoms with Crippen LogP contribution >= 0.6 is 0 Å². The Morgan fingerprint density at radius 2 is 1.82 bits per heavy atom. The molecule has 6 rings (SSSR count). The number of hydrogen-bond acceptors (Lipinski definition) is 2. The molecule has 2 amide bonds. The van der Waals surface area contributed by atoms with E-state index in [9.17, 15) is 14.0 Å². The van der Waals surface area contributed by atoms with Gasteiger partial charge in [-0.15, -0.1) is 0 Å². The minimum absolute atomic E-state index is 0.0583. The van der Waals surface area contributed by atoms with Crippen LogP contribution in [0.4, 0.5) is 4.39 Å². The Bertz CT molecular complexity index is 752. The Hall–Kier alpha value is -1.91. The van der Waals surface area contributed by atoms with Crippen LogP contribution in [0.25, 0.3) is 0 Å². The molecular formula is C23H29FN2O2. The van der Waals surface area contributed by atoms with Crippen molar-refractivity contribution in [2.24, 2.45) is 29.6 Å². The van der Waals surface area contributed by atoms with Gasteiger partial charge in [-0.05, 0) is 79.9 Å². The third-order valence-electron chi connectivity index (χ3n) is 7.67. The highest BCUT2D eigenvalue weighted by Gasteiger charge is 2.49. The second-order valence-electron chi connectivity index (χ2n) is 9.60. The zero-order valence-corrected chi connectivity index (χ0v) is 16.3. The van der Waals surface area contributed by atoms with E-state index in [4.69, 9.17) is 0 Å². The number of nitrogens with zero attached hydrogens (tertiary/aromatic N) is 1. The van der Waals surface area contributed by atoms with Crippen molar-refractivity contribution in [3.05, 3.63) is 35.6 Å². The third kappa shape index (κ3) is 3.44. The number of hydrogen-bond donors (Lipinski definition) is 1. The van der Waals surface area contributed by atoms with Crippen molar-refractivity contribution in [2.75, 3.05) is 6.54 Å². The molecule has 0 unspecified atom stereocenters. The van der Waals surface area contributed by atoms with Crippen molar-refractivity contribution in [3.8, 4) is 0 Å². The average Bonchev–Trinajstić information content (AvgIpc) is 2.66. The fraction of sp³-hybridized carbons (Fsp3) is 0.652. The topological polar surface area (TPSA) is 49.4 Å². The maximum absolute atomic E-state index is 13.5. The molecule has 4 aliphatic carbocycles. The standard InChI is InChI=1S/C23H29FN2O2/c24-20-3-1-2-14(11-20)12-26-13-17(4-5-21(26)27)23(28)25-22-18-7-15-6-16(9-18)10-19(22)8-15/h1-3,11,15-19,22H,4-10,12-13H2,(H,25,28)/t15?,16?,17-,18?,19?,22?/m1/s1. The van der Waals surface area contributed by atoms with E-state index in [0.717, 1.165) is 17.4 Å². The molecule has 1 heterocycles. The maximum atomic E-state index is 13.5. The van der Waals surface area contributed by atoms with E-state index in [1.54, 1.807) is 11.0 Å². The van der Waals surface area contributed by atoms with Crippen LogP contribution in [0.15, 0.2) is 24.3 Å². The molecule has 4 bridgehead atoms. The third-order valence-corrected chi connectivity index (χ3v) is 7.67. The van der Waals surface area contributed by atoms with Gasteiger partial charge in [-0.2, -0.15) is 0 Å². The molecule has 5 fully saturated rings. The number of rotatable bonds is 4. The van der Waals surface area contributed by atoms with Gasteiger partial charge >= 0.3 is 0 Å². The second-order valence-corrected chi connectivity index (χ2v) is 9.60. The fourth-order valence-corrected chi connectivity index (χ4v) is 6.58. The smallest absolute Gasteiger partial charge is 0.225 e. The molecule has 0 spiro atoms. The van der Waals surface area contributed by atoms with Crippen molar-refractivity contribution in [1.29, 1.82) is 0 Å². The second kappa shape index (κ2) is 7.16. The number of piperidine rings is 1. The molecule has 1 atom stereocenters. The Morgan fingerprint density at radius 3 is 2.50 bits per heavy atom. The molecule has 1 aromatic carbocycles. The Kier molecular flexibility index (Phi) is 4.64. The summed E-state index contributed by atoms with van der Waals surface area (Å²) in [5, 5.41) is 3.40. The van der Waals surface area contributed by atoms with Crippen LogP contribution in [0.2, 0.25) is 0 Å². The van der Waals surface area contributed by atoms with E-state index < -0.39 is 0 Å². The SMILES string of the molecule is O=C(NC1C2CC3CC(C2)CC1C3)[C@@H]1CCC(=O)N(Cc2cccc(F)c2)C1. The van der Waals surface area contributed by atoms with E-state index in [2.05, 4.69) is 5.32 Å². The van der Waals surface area contributed by atoms with Crippen LogP contribution in [-0.4, -0.2) is 29.3 Å². The van der Waals surface area contributed by atoms with Crippen LogP contribution < -0.4 is 5.32 Å². The predicted octanol–water partition coefficient (Wildman–Crippen LogP) is 3.51. The van der Waals surface area contributed by atoms with Gasteiger partial charge in [0.05, 0.1) is 5.92 Å². The summed E-state index contributed by atoms with van der Waals surface area (Å²) in [4.78, 5) is 27.1. The number of likely N-dealkylation sites (tertiary alicyclic amines) is 1. The summed E-state index contributed by atoms with van der Waals surface area (Å²) in [5.41, 5.74) is 0.774. The zero-order chi connectivity index (χ0) is 19.3. The lowest BCUT2D eigenvalue weighted by Crippen LogP contribution is -2.57. The molecular weight excluding hydrogens is 355 g/mol. The van der Waals surface area contributed by atoms with Gasteiger partial charge in [-0.25, -0.2) is 4.39 Å². The number of amides is 2. The number of nitrogens with one attached hydrogen (secondary N) is 1. The van der Waals surface area contributed by atoms with E-state index in [1.165, 1.54) is 44.2 Å². The zero-order valence-electron chi connectivity index (χ0n) is 16.3. The summed E-state index contributed by atoms with van der Waals surface area (Å²) in [6, 6.07) is 6.70. The van der Waals surface area contributed by atoms with Crippen LogP contribution in [0.3, 0.4) is 0 Å². The van der Waals surface area contributed by atoms with Crippen LogP contribution in [-0.2, 0) is 16.1 Å². The first kappa shape index (κ1) is 18.1. The molecule has 1 aliphatic heterocycles. The fourth-order valence-electron chi connectivity index (χ4n) is 6.58. The largest absolute Gasteiger partial charge is 0.353 e. The lowest BCUT2D eigenvalue weighted by molar-refractivity contribution is -0.140. The Labute approximate surface area is 165 Å². The number of benzene rings is 1. The molecule has 4 saturated carbocycles. The molecule has 0 radical (unpaired) electrons. The van der Waals surface area contributed by atoms with E-state index >= 15 is 0 Å². The van der Waals surface area contributed by atoms with Gasteiger partial charge in [-0.3, -0.25) is 9.59 Å². The molecule has 150 valence electrons. The Balaban J connectivity index is 1.22. The lowest BCUT2D eigenvalue weighted by Gasteiger charge is -2.54. The van der Waals surface area contributed by atoms with Crippen LogP contribution in [0.5, 0.6) is 0 Å². The average molecular weight is 384 g/mol. The number of carbonyl (C=O) groups excluding carboxylic acids is 2. The molecule has 1 N–H and O–H groups in total. The summed E-state index contributed by atoms with van der Waals surface area (Å²) in [5.74, 6) is 2.84.